The molecule has 2 rings (SSSR count). The van der Waals surface area contributed by atoms with Gasteiger partial charge in [-0.3, -0.25) is 0 Å². The fraction of sp³-hybridized carbons (Fsp3) is 0.571. The van der Waals surface area contributed by atoms with Crippen molar-refractivity contribution in [1.82, 2.24) is 0 Å². The molecule has 0 heterocycles. The van der Waals surface area contributed by atoms with Gasteiger partial charge >= 0.3 is 0 Å². The number of hydrogen-bond donors (Lipinski definition) is 0. The molecule has 0 atom stereocenters. The fourth-order valence-electron chi connectivity index (χ4n) is 4.44. The topological polar surface area (TPSA) is 50.0 Å². The van der Waals surface area contributed by atoms with E-state index in [9.17, 15) is 0 Å². The first-order valence-electron chi connectivity index (χ1n) is 11.6. The summed E-state index contributed by atoms with van der Waals surface area (Å²) in [6, 6.07) is 17.3. The number of nitrogens with zero attached hydrogens (tertiary/aromatic N) is 1. The zero-order valence-corrected chi connectivity index (χ0v) is 22.8. The maximum atomic E-state index is 6.00. The van der Waals surface area contributed by atoms with Gasteiger partial charge in [0.25, 0.3) is 0 Å². The van der Waals surface area contributed by atoms with E-state index in [0.29, 0.717) is 18.6 Å². The summed E-state index contributed by atoms with van der Waals surface area (Å²) in [6.07, 6.45) is 1.15. The van der Waals surface area contributed by atoms with E-state index in [2.05, 4.69) is 104 Å². The molecular weight excluding hydrogens is 434 g/mol. The van der Waals surface area contributed by atoms with Crippen molar-refractivity contribution in [3.05, 3.63) is 65.2 Å². The molecule has 0 bridgehead atoms. The van der Waals surface area contributed by atoms with Crippen molar-refractivity contribution in [2.45, 2.75) is 59.9 Å². The minimum absolute atomic E-state index is 0. The Kier molecular flexibility index (Phi) is 12.7. The van der Waals surface area contributed by atoms with Gasteiger partial charge in [0.15, 0.2) is 0 Å². The van der Waals surface area contributed by atoms with E-state index in [-0.39, 0.29) is 23.3 Å². The molecule has 0 aromatic heterocycles. The summed E-state index contributed by atoms with van der Waals surface area (Å²) in [5.74, 6) is 0.957. The van der Waals surface area contributed by atoms with Gasteiger partial charge in [-0.05, 0) is 41.4 Å². The number of ether oxygens (including phenoxy) is 2. The van der Waals surface area contributed by atoms with Gasteiger partial charge in [-0.25, -0.2) is 0 Å². The summed E-state index contributed by atoms with van der Waals surface area (Å²) in [5.41, 5.74) is 4.39. The van der Waals surface area contributed by atoms with Crippen LogP contribution in [0.5, 0.6) is 5.75 Å². The lowest BCUT2D eigenvalue weighted by Crippen LogP contribution is -3.00. The lowest BCUT2D eigenvalue weighted by molar-refractivity contribution is -0.904. The highest BCUT2D eigenvalue weighted by Crippen LogP contribution is 2.37. The summed E-state index contributed by atoms with van der Waals surface area (Å²) in [5, 5.41) is 0. The van der Waals surface area contributed by atoms with Crippen molar-refractivity contribution < 1.29 is 31.8 Å². The first-order chi connectivity index (χ1) is 14.4. The van der Waals surface area contributed by atoms with Gasteiger partial charge in [-0.2, -0.15) is 0 Å². The van der Waals surface area contributed by atoms with Gasteiger partial charge in [0, 0.05) is 5.56 Å². The molecule has 0 radical (unpaired) electrons. The third-order valence-corrected chi connectivity index (χ3v) is 5.71. The van der Waals surface area contributed by atoms with E-state index in [1.54, 1.807) is 0 Å². The first kappa shape index (κ1) is 31.4. The monoisotopic (exact) mass is 479 g/mol. The van der Waals surface area contributed by atoms with Crippen LogP contribution in [0.3, 0.4) is 0 Å². The maximum absolute atomic E-state index is 6.00. The molecular formula is C28H46ClNO3. The molecule has 0 aliphatic carbocycles. The Bertz CT molecular complexity index is 814. The molecule has 0 saturated heterocycles. The molecule has 33 heavy (non-hydrogen) atoms. The Morgan fingerprint density at radius 3 is 2.06 bits per heavy atom. The van der Waals surface area contributed by atoms with Crippen molar-refractivity contribution in [1.29, 1.82) is 0 Å². The van der Waals surface area contributed by atoms with E-state index in [4.69, 9.17) is 9.47 Å². The second kappa shape index (κ2) is 13.3. The molecule has 5 heteroatoms. The quantitative estimate of drug-likeness (QED) is 0.367. The number of aryl methyl sites for hydroxylation is 1. The maximum Gasteiger partial charge on any atom is 0.122 e. The number of benzene rings is 2. The zero-order valence-electron chi connectivity index (χ0n) is 22.0. The number of hydrogen-bond acceptors (Lipinski definition) is 2. The van der Waals surface area contributed by atoms with E-state index < -0.39 is 0 Å². The summed E-state index contributed by atoms with van der Waals surface area (Å²) < 4.78 is 12.8. The SMILES string of the molecule is Cc1cc(C(C)(C)CC(C)(C)C)ccc1OCCOCC[N+](C)(C)Cc1ccccc1.O.[Cl-]. The molecule has 0 fully saturated rings. The minimum Gasteiger partial charge on any atom is -1.00 e. The fourth-order valence-corrected chi connectivity index (χ4v) is 4.44. The molecule has 2 aromatic carbocycles. The summed E-state index contributed by atoms with van der Waals surface area (Å²) in [4.78, 5) is 0. The Labute approximate surface area is 208 Å². The van der Waals surface area contributed by atoms with Crippen LogP contribution in [0.15, 0.2) is 48.5 Å². The molecule has 0 spiro atoms. The molecule has 0 aliphatic heterocycles. The van der Waals surface area contributed by atoms with Gasteiger partial charge in [0.1, 0.15) is 25.4 Å². The van der Waals surface area contributed by atoms with Crippen molar-refractivity contribution in [3.63, 3.8) is 0 Å². The summed E-state index contributed by atoms with van der Waals surface area (Å²) in [7, 11) is 4.50. The predicted molar refractivity (Wildman–Crippen MR) is 135 cm³/mol. The van der Waals surface area contributed by atoms with Crippen LogP contribution in [0.2, 0.25) is 0 Å². The Morgan fingerprint density at radius 1 is 0.848 bits per heavy atom. The van der Waals surface area contributed by atoms with Crippen molar-refractivity contribution in [2.75, 3.05) is 40.5 Å². The van der Waals surface area contributed by atoms with E-state index >= 15 is 0 Å². The van der Waals surface area contributed by atoms with Crippen molar-refractivity contribution in [2.24, 2.45) is 5.41 Å². The average molecular weight is 480 g/mol. The highest BCUT2D eigenvalue weighted by molar-refractivity contribution is 5.39. The predicted octanol–water partition coefficient (Wildman–Crippen LogP) is 2.56. The third-order valence-electron chi connectivity index (χ3n) is 5.71. The minimum atomic E-state index is 0. The Balaban J connectivity index is 0.00000512. The Morgan fingerprint density at radius 2 is 1.48 bits per heavy atom. The standard InChI is InChI=1S/C28H44NO2.ClH.H2O/c1-23-20-25(28(5,6)22-27(2,3)4)14-15-26(23)31-19-18-30-17-16-29(7,8)21-24-12-10-9-11-13-24;;/h9-15,20H,16-19,21-22H2,1-8H3;1H;1H2/q+1;;/p-1. The van der Waals surface area contributed by atoms with Crippen molar-refractivity contribution in [3.8, 4) is 5.75 Å². The molecule has 2 N–H and O–H groups in total. The molecule has 0 aliphatic rings. The number of likely N-dealkylation sites (N-methyl/N-ethyl adjacent to an activating group) is 1. The second-order valence-electron chi connectivity index (χ2n) is 11.4. The van der Waals surface area contributed by atoms with Gasteiger partial charge in [-0.1, -0.05) is 77.1 Å². The van der Waals surface area contributed by atoms with Gasteiger partial charge in [-0.15, -0.1) is 0 Å². The lowest BCUT2D eigenvalue weighted by atomic mass is 9.72. The molecule has 4 nitrogen and oxygen atoms in total. The summed E-state index contributed by atoms with van der Waals surface area (Å²) in [6.45, 7) is 17.6. The van der Waals surface area contributed by atoms with E-state index in [1.807, 2.05) is 0 Å². The molecule has 0 unspecified atom stereocenters. The van der Waals surface area contributed by atoms with Crippen LogP contribution in [-0.4, -0.2) is 50.4 Å². The highest BCUT2D eigenvalue weighted by Gasteiger charge is 2.27. The summed E-state index contributed by atoms with van der Waals surface area (Å²) >= 11 is 0. The van der Waals surface area contributed by atoms with Crippen molar-refractivity contribution >= 4 is 0 Å². The molecule has 0 saturated carbocycles. The van der Waals surface area contributed by atoms with Gasteiger partial charge in [0.05, 0.1) is 27.3 Å². The van der Waals surface area contributed by atoms with Crippen LogP contribution >= 0.6 is 0 Å². The van der Waals surface area contributed by atoms with Crippen LogP contribution in [0.25, 0.3) is 0 Å². The van der Waals surface area contributed by atoms with Crippen LogP contribution in [0.4, 0.5) is 0 Å². The number of halogens is 1. The van der Waals surface area contributed by atoms with E-state index in [0.717, 1.165) is 36.3 Å². The first-order valence-corrected chi connectivity index (χ1v) is 11.6. The van der Waals surface area contributed by atoms with Crippen LogP contribution in [-0.2, 0) is 16.7 Å². The van der Waals surface area contributed by atoms with Crippen LogP contribution in [0.1, 0.15) is 57.7 Å². The van der Waals surface area contributed by atoms with Gasteiger partial charge < -0.3 is 31.8 Å². The lowest BCUT2D eigenvalue weighted by Gasteiger charge is -2.33. The average Bonchev–Trinajstić information content (AvgIpc) is 2.64. The zero-order chi connectivity index (χ0) is 23.1. The second-order valence-corrected chi connectivity index (χ2v) is 11.4. The Hall–Kier alpha value is -1.59. The van der Waals surface area contributed by atoms with Crippen LogP contribution < -0.4 is 17.1 Å². The largest absolute Gasteiger partial charge is 1.00 e. The smallest absolute Gasteiger partial charge is 0.122 e. The molecule has 188 valence electrons. The highest BCUT2D eigenvalue weighted by atomic mass is 35.5. The molecule has 0 amide bonds. The third kappa shape index (κ3) is 11.4. The van der Waals surface area contributed by atoms with E-state index in [1.165, 1.54) is 16.7 Å². The van der Waals surface area contributed by atoms with Gasteiger partial charge in [0.2, 0.25) is 0 Å². The number of quaternary nitrogens is 1. The normalized spacial score (nSPS) is 12.0. The van der Waals surface area contributed by atoms with Crippen LogP contribution in [0, 0.1) is 12.3 Å². The number of rotatable bonds is 11. The molecule has 2 aromatic rings.